The molecule has 4 amide bonds. The average Bonchev–Trinajstić information content (AvgIpc) is 2.69. The molecule has 2 aromatic carbocycles. The van der Waals surface area contributed by atoms with Crippen LogP contribution in [0.25, 0.3) is 0 Å². The van der Waals surface area contributed by atoms with Gasteiger partial charge in [-0.2, -0.15) is 0 Å². The van der Waals surface area contributed by atoms with Crippen molar-refractivity contribution in [2.75, 3.05) is 32.2 Å². The first-order valence-corrected chi connectivity index (χ1v) is 9.89. The number of benzene rings is 2. The van der Waals surface area contributed by atoms with Crippen molar-refractivity contribution in [3.63, 3.8) is 0 Å². The van der Waals surface area contributed by atoms with Crippen molar-refractivity contribution >= 4 is 35.3 Å². The van der Waals surface area contributed by atoms with Gasteiger partial charge in [0.15, 0.2) is 0 Å². The number of hydrogen-bond donors (Lipinski definition) is 3. The Morgan fingerprint density at radius 3 is 2.32 bits per heavy atom. The molecule has 0 heterocycles. The van der Waals surface area contributed by atoms with Crippen LogP contribution in [0.2, 0.25) is 0 Å². The van der Waals surface area contributed by atoms with Crippen molar-refractivity contribution in [2.45, 2.75) is 10.9 Å². The Morgan fingerprint density at radius 2 is 1.68 bits per heavy atom. The summed E-state index contributed by atoms with van der Waals surface area (Å²) in [5.74, 6) is -0.761. The van der Waals surface area contributed by atoms with E-state index < -0.39 is 18.0 Å². The third-order valence-corrected chi connectivity index (χ3v) is 4.84. The van der Waals surface area contributed by atoms with Gasteiger partial charge in [-0.15, -0.1) is 11.8 Å². The van der Waals surface area contributed by atoms with E-state index in [1.54, 1.807) is 36.2 Å². The Balaban J connectivity index is 2.15. The monoisotopic (exact) mass is 400 g/mol. The second-order valence-corrected chi connectivity index (χ2v) is 6.89. The van der Waals surface area contributed by atoms with Crippen LogP contribution in [-0.2, 0) is 9.59 Å². The van der Waals surface area contributed by atoms with E-state index in [4.69, 9.17) is 0 Å². The number of hydrogen-bond acceptors (Lipinski definition) is 5. The number of likely N-dealkylation sites (N-methyl/N-ethyl adjacent to an activating group) is 1. The van der Waals surface area contributed by atoms with Crippen molar-refractivity contribution < 1.29 is 14.4 Å². The normalized spacial score (nSPS) is 11.6. The number of nitrogens with one attached hydrogen (secondary N) is 3. The third kappa shape index (κ3) is 5.83. The first-order chi connectivity index (χ1) is 13.5. The molecule has 2 rings (SSSR count). The first kappa shape index (κ1) is 21.5. The fourth-order valence-electron chi connectivity index (χ4n) is 2.74. The maximum atomic E-state index is 12.6. The Labute approximate surface area is 168 Å². The lowest BCUT2D eigenvalue weighted by Crippen LogP contribution is -2.46. The van der Waals surface area contributed by atoms with Gasteiger partial charge in [-0.1, -0.05) is 42.5 Å². The number of para-hydroxylation sites is 1. The van der Waals surface area contributed by atoms with Crippen LogP contribution < -0.4 is 16.0 Å². The van der Waals surface area contributed by atoms with E-state index in [2.05, 4.69) is 16.0 Å². The van der Waals surface area contributed by atoms with Gasteiger partial charge in [0.05, 0.1) is 12.2 Å². The molecular weight excluding hydrogens is 376 g/mol. The summed E-state index contributed by atoms with van der Waals surface area (Å²) in [6.07, 6.45) is 1.94. The molecule has 1 atom stereocenters. The number of thioether (sulfide) groups is 1. The maximum absolute atomic E-state index is 12.6. The number of carbonyl (C=O) groups is 3. The van der Waals surface area contributed by atoms with Gasteiger partial charge in [0.25, 0.3) is 0 Å². The predicted octanol–water partition coefficient (Wildman–Crippen LogP) is 2.48. The summed E-state index contributed by atoms with van der Waals surface area (Å²) in [7, 11) is 3.10. The van der Waals surface area contributed by atoms with Crippen LogP contribution in [0.1, 0.15) is 11.6 Å². The topological polar surface area (TPSA) is 90.5 Å². The lowest BCUT2D eigenvalue weighted by Gasteiger charge is -2.26. The largest absolute Gasteiger partial charge is 0.341 e. The second kappa shape index (κ2) is 10.5. The molecule has 0 bridgehead atoms. The molecule has 0 aliphatic rings. The molecule has 0 saturated heterocycles. The van der Waals surface area contributed by atoms with Crippen LogP contribution in [0, 0.1) is 0 Å². The number of anilines is 1. The molecule has 0 aliphatic carbocycles. The fraction of sp³-hybridized carbons (Fsp3) is 0.250. The zero-order chi connectivity index (χ0) is 20.5. The summed E-state index contributed by atoms with van der Waals surface area (Å²) in [6, 6.07) is 15.1. The molecule has 0 fully saturated rings. The first-order valence-electron chi connectivity index (χ1n) is 8.67. The molecule has 8 heteroatoms. The van der Waals surface area contributed by atoms with Crippen LogP contribution in [0.3, 0.4) is 0 Å². The molecule has 0 unspecified atom stereocenters. The van der Waals surface area contributed by atoms with Crippen LogP contribution >= 0.6 is 11.8 Å². The van der Waals surface area contributed by atoms with Crippen molar-refractivity contribution in [1.29, 1.82) is 0 Å². The van der Waals surface area contributed by atoms with Gasteiger partial charge in [-0.25, -0.2) is 4.79 Å². The van der Waals surface area contributed by atoms with E-state index in [1.807, 2.05) is 36.6 Å². The molecular formula is C20H24N4O3S. The molecule has 0 aromatic heterocycles. The molecule has 2 aromatic rings. The number of imide groups is 1. The molecule has 0 saturated carbocycles. The van der Waals surface area contributed by atoms with Gasteiger partial charge in [0.1, 0.15) is 6.04 Å². The number of amides is 4. The Morgan fingerprint density at radius 1 is 1.04 bits per heavy atom. The highest BCUT2D eigenvalue weighted by Gasteiger charge is 2.27. The van der Waals surface area contributed by atoms with E-state index in [1.165, 1.54) is 18.8 Å². The number of nitrogens with zero attached hydrogens (tertiary/aromatic N) is 1. The molecule has 0 radical (unpaired) electrons. The highest BCUT2D eigenvalue weighted by molar-refractivity contribution is 7.98. The van der Waals surface area contributed by atoms with E-state index in [0.717, 1.165) is 10.6 Å². The van der Waals surface area contributed by atoms with Crippen LogP contribution in [0.4, 0.5) is 10.5 Å². The number of rotatable bonds is 7. The molecule has 148 valence electrons. The summed E-state index contributed by atoms with van der Waals surface area (Å²) in [5.41, 5.74) is 1.41. The highest BCUT2D eigenvalue weighted by Crippen LogP contribution is 2.25. The fourth-order valence-corrected chi connectivity index (χ4v) is 3.29. The Bertz CT molecular complexity index is 829. The van der Waals surface area contributed by atoms with Gasteiger partial charge < -0.3 is 10.6 Å². The highest BCUT2D eigenvalue weighted by atomic mass is 32.2. The molecule has 0 aliphatic heterocycles. The summed E-state index contributed by atoms with van der Waals surface area (Å²) in [5, 5.41) is 7.52. The maximum Gasteiger partial charge on any atom is 0.321 e. The quantitative estimate of drug-likeness (QED) is 0.621. The van der Waals surface area contributed by atoms with Gasteiger partial charge in [-0.05, 0) is 31.0 Å². The van der Waals surface area contributed by atoms with Crippen LogP contribution in [-0.4, -0.2) is 49.6 Å². The lowest BCUT2D eigenvalue weighted by molar-refractivity contribution is -0.126. The molecule has 0 spiro atoms. The molecule has 7 nitrogen and oxygen atoms in total. The third-order valence-electron chi connectivity index (χ3n) is 4.04. The summed E-state index contributed by atoms with van der Waals surface area (Å²) in [4.78, 5) is 39.3. The second-order valence-electron chi connectivity index (χ2n) is 6.05. The minimum Gasteiger partial charge on any atom is -0.341 e. The van der Waals surface area contributed by atoms with Gasteiger partial charge >= 0.3 is 6.03 Å². The van der Waals surface area contributed by atoms with Crippen LogP contribution in [0.15, 0.2) is 59.5 Å². The van der Waals surface area contributed by atoms with E-state index in [0.29, 0.717) is 5.56 Å². The summed E-state index contributed by atoms with van der Waals surface area (Å²) >= 11 is 1.54. The van der Waals surface area contributed by atoms with Crippen LogP contribution in [0.5, 0.6) is 0 Å². The van der Waals surface area contributed by atoms with E-state index in [-0.39, 0.29) is 12.5 Å². The Kier molecular flexibility index (Phi) is 8.03. The van der Waals surface area contributed by atoms with E-state index in [9.17, 15) is 14.4 Å². The minimum atomic E-state index is -0.792. The average molecular weight is 401 g/mol. The standard InChI is InChI=1S/C20H24N4O3S/c1-21-20(27)23-19(26)18(14-9-5-4-6-10-14)24(2)13-17(25)22-15-11-7-8-12-16(15)28-3/h4-12,18H,13H2,1-3H3,(H,22,25)(H2,21,23,26,27)/t18-/m1/s1. The molecule has 3 N–H and O–H groups in total. The predicted molar refractivity (Wildman–Crippen MR) is 111 cm³/mol. The van der Waals surface area contributed by atoms with Crippen molar-refractivity contribution in [3.05, 3.63) is 60.2 Å². The zero-order valence-corrected chi connectivity index (χ0v) is 16.9. The van der Waals surface area contributed by atoms with Gasteiger partial charge in [0.2, 0.25) is 11.8 Å². The van der Waals surface area contributed by atoms with E-state index >= 15 is 0 Å². The summed E-state index contributed by atoms with van der Waals surface area (Å²) < 4.78 is 0. The lowest BCUT2D eigenvalue weighted by atomic mass is 10.0. The van der Waals surface area contributed by atoms with Gasteiger partial charge in [0, 0.05) is 11.9 Å². The smallest absolute Gasteiger partial charge is 0.321 e. The van der Waals surface area contributed by atoms with Crippen molar-refractivity contribution in [1.82, 2.24) is 15.5 Å². The van der Waals surface area contributed by atoms with Crippen molar-refractivity contribution in [3.8, 4) is 0 Å². The molecule has 28 heavy (non-hydrogen) atoms. The zero-order valence-electron chi connectivity index (χ0n) is 16.1. The minimum absolute atomic E-state index is 0.0244. The van der Waals surface area contributed by atoms with Gasteiger partial charge in [-0.3, -0.25) is 19.8 Å². The summed E-state index contributed by atoms with van der Waals surface area (Å²) in [6.45, 7) is -0.0244. The Hall–Kier alpha value is -2.84. The number of carbonyl (C=O) groups excluding carboxylic acids is 3. The van der Waals surface area contributed by atoms with Crippen molar-refractivity contribution in [2.24, 2.45) is 0 Å². The SMILES string of the molecule is CNC(=O)NC(=O)[C@@H](c1ccccc1)N(C)CC(=O)Nc1ccccc1SC. The number of urea groups is 1.